The summed E-state index contributed by atoms with van der Waals surface area (Å²) in [5.74, 6) is 0.573. The molecule has 1 heterocycles. The van der Waals surface area contributed by atoms with Crippen LogP contribution in [0, 0.1) is 5.92 Å². The lowest BCUT2D eigenvalue weighted by Gasteiger charge is -2.33. The highest BCUT2D eigenvalue weighted by molar-refractivity contribution is 6.30. The van der Waals surface area contributed by atoms with Crippen molar-refractivity contribution in [2.45, 2.75) is 38.5 Å². The Morgan fingerprint density at radius 3 is 2.94 bits per heavy atom. The molecule has 1 aliphatic rings. The molecule has 94 valence electrons. The van der Waals surface area contributed by atoms with Crippen LogP contribution in [-0.2, 0) is 9.53 Å². The summed E-state index contributed by atoms with van der Waals surface area (Å²) in [6.45, 7) is 7.11. The molecular weight excluding hydrogens is 226 g/mol. The molecule has 2 atom stereocenters. The summed E-state index contributed by atoms with van der Waals surface area (Å²) < 4.78 is 5.42. The van der Waals surface area contributed by atoms with E-state index in [1.165, 1.54) is 0 Å². The van der Waals surface area contributed by atoms with Gasteiger partial charge in [0.2, 0.25) is 5.91 Å². The number of piperidine rings is 1. The standard InChI is InChI=1S/C12H22ClNO2/c1-3-11(13)12(15)14-7-5-6-10(8-14)9-16-4-2/h10-11H,3-9H2,1-2H3/t10-,11-/m1/s1. The van der Waals surface area contributed by atoms with E-state index >= 15 is 0 Å². The third-order valence-electron chi connectivity index (χ3n) is 3.01. The first kappa shape index (κ1) is 13.8. The maximum absolute atomic E-state index is 11.9. The van der Waals surface area contributed by atoms with Crippen molar-refractivity contribution in [1.82, 2.24) is 4.90 Å². The lowest BCUT2D eigenvalue weighted by Crippen LogP contribution is -2.44. The fraction of sp³-hybridized carbons (Fsp3) is 0.917. The molecule has 0 bridgehead atoms. The van der Waals surface area contributed by atoms with Crippen LogP contribution in [0.1, 0.15) is 33.1 Å². The van der Waals surface area contributed by atoms with Crippen LogP contribution in [0.25, 0.3) is 0 Å². The van der Waals surface area contributed by atoms with Crippen molar-refractivity contribution in [1.29, 1.82) is 0 Å². The number of rotatable bonds is 5. The minimum atomic E-state index is -0.356. The Morgan fingerprint density at radius 1 is 1.56 bits per heavy atom. The molecule has 16 heavy (non-hydrogen) atoms. The van der Waals surface area contributed by atoms with Crippen molar-refractivity contribution < 1.29 is 9.53 Å². The molecule has 0 N–H and O–H groups in total. The first-order valence-electron chi connectivity index (χ1n) is 6.19. The van der Waals surface area contributed by atoms with Crippen molar-refractivity contribution in [2.75, 3.05) is 26.3 Å². The molecule has 1 fully saturated rings. The van der Waals surface area contributed by atoms with Crippen LogP contribution in [0.5, 0.6) is 0 Å². The molecule has 0 aliphatic carbocycles. The molecule has 0 radical (unpaired) electrons. The van der Waals surface area contributed by atoms with Crippen LogP contribution in [0.15, 0.2) is 0 Å². The van der Waals surface area contributed by atoms with Crippen molar-refractivity contribution >= 4 is 17.5 Å². The molecule has 1 amide bonds. The second-order valence-corrected chi connectivity index (χ2v) is 4.85. The first-order chi connectivity index (χ1) is 7.69. The normalized spacial score (nSPS) is 23.2. The topological polar surface area (TPSA) is 29.5 Å². The molecule has 0 aromatic rings. The van der Waals surface area contributed by atoms with Gasteiger partial charge < -0.3 is 9.64 Å². The maximum Gasteiger partial charge on any atom is 0.240 e. The number of hydrogen-bond donors (Lipinski definition) is 0. The lowest BCUT2D eigenvalue weighted by atomic mass is 9.98. The highest BCUT2D eigenvalue weighted by atomic mass is 35.5. The van der Waals surface area contributed by atoms with E-state index in [1.807, 2.05) is 18.7 Å². The van der Waals surface area contributed by atoms with Gasteiger partial charge in [-0.1, -0.05) is 6.92 Å². The molecule has 3 nitrogen and oxygen atoms in total. The summed E-state index contributed by atoms with van der Waals surface area (Å²) in [5.41, 5.74) is 0. The van der Waals surface area contributed by atoms with Crippen LogP contribution in [-0.4, -0.2) is 42.5 Å². The maximum atomic E-state index is 11.9. The van der Waals surface area contributed by atoms with Gasteiger partial charge in [0.25, 0.3) is 0 Å². The lowest BCUT2D eigenvalue weighted by molar-refractivity contribution is -0.133. The molecule has 0 aromatic heterocycles. The molecule has 1 saturated heterocycles. The number of halogens is 1. The van der Waals surface area contributed by atoms with E-state index in [0.717, 1.165) is 39.1 Å². The Hall–Kier alpha value is -0.280. The van der Waals surface area contributed by atoms with Gasteiger partial charge in [0.05, 0.1) is 6.61 Å². The summed E-state index contributed by atoms with van der Waals surface area (Å²) in [6, 6.07) is 0. The van der Waals surface area contributed by atoms with Gasteiger partial charge in [-0.3, -0.25) is 4.79 Å². The fourth-order valence-corrected chi connectivity index (χ4v) is 2.20. The van der Waals surface area contributed by atoms with E-state index in [4.69, 9.17) is 16.3 Å². The molecule has 1 aliphatic heterocycles. The number of hydrogen-bond acceptors (Lipinski definition) is 2. The minimum Gasteiger partial charge on any atom is -0.381 e. The summed E-state index contributed by atoms with van der Waals surface area (Å²) in [6.07, 6.45) is 2.92. The molecule has 1 rings (SSSR count). The Balaban J connectivity index is 2.40. The van der Waals surface area contributed by atoms with Gasteiger partial charge in [0.1, 0.15) is 5.38 Å². The summed E-state index contributed by atoms with van der Waals surface area (Å²) in [4.78, 5) is 13.8. The SMILES string of the molecule is CCOC[C@@H]1CCCN(C(=O)[C@H](Cl)CC)C1. The van der Waals surface area contributed by atoms with E-state index in [1.54, 1.807) is 0 Å². The third-order valence-corrected chi connectivity index (χ3v) is 3.51. The van der Waals surface area contributed by atoms with Crippen LogP contribution in [0.4, 0.5) is 0 Å². The Kier molecular flexibility index (Phi) is 6.14. The zero-order valence-corrected chi connectivity index (χ0v) is 11.0. The van der Waals surface area contributed by atoms with Gasteiger partial charge in [-0.05, 0) is 32.1 Å². The average molecular weight is 248 g/mol. The number of carbonyl (C=O) groups excluding carboxylic acids is 1. The first-order valence-corrected chi connectivity index (χ1v) is 6.63. The van der Waals surface area contributed by atoms with E-state index in [2.05, 4.69) is 0 Å². The zero-order valence-electron chi connectivity index (χ0n) is 10.2. The van der Waals surface area contributed by atoms with Gasteiger partial charge in [0.15, 0.2) is 0 Å². The number of alkyl halides is 1. The van der Waals surface area contributed by atoms with Gasteiger partial charge in [-0.2, -0.15) is 0 Å². The van der Waals surface area contributed by atoms with E-state index in [0.29, 0.717) is 12.3 Å². The Bertz CT molecular complexity index is 223. The summed E-state index contributed by atoms with van der Waals surface area (Å²) in [5, 5.41) is -0.356. The number of ether oxygens (including phenoxy) is 1. The smallest absolute Gasteiger partial charge is 0.240 e. The second kappa shape index (κ2) is 7.13. The van der Waals surface area contributed by atoms with Crippen LogP contribution in [0.3, 0.4) is 0 Å². The predicted molar refractivity (Wildman–Crippen MR) is 65.7 cm³/mol. The van der Waals surface area contributed by atoms with Gasteiger partial charge in [-0.15, -0.1) is 11.6 Å². The van der Waals surface area contributed by atoms with E-state index < -0.39 is 0 Å². The quantitative estimate of drug-likeness (QED) is 0.698. The Labute approximate surface area is 103 Å². The number of amides is 1. The third kappa shape index (κ3) is 3.95. The zero-order chi connectivity index (χ0) is 12.0. The number of nitrogens with zero attached hydrogens (tertiary/aromatic N) is 1. The average Bonchev–Trinajstić information content (AvgIpc) is 2.34. The summed E-state index contributed by atoms with van der Waals surface area (Å²) in [7, 11) is 0. The molecule has 0 unspecified atom stereocenters. The van der Waals surface area contributed by atoms with Crippen molar-refractivity contribution in [2.24, 2.45) is 5.92 Å². The van der Waals surface area contributed by atoms with Crippen molar-refractivity contribution in [3.63, 3.8) is 0 Å². The number of carbonyl (C=O) groups is 1. The summed E-state index contributed by atoms with van der Waals surface area (Å²) >= 11 is 5.98. The predicted octanol–water partition coefficient (Wildman–Crippen LogP) is 2.28. The highest BCUT2D eigenvalue weighted by Gasteiger charge is 2.26. The fourth-order valence-electron chi connectivity index (χ4n) is 2.06. The van der Waals surface area contributed by atoms with Crippen LogP contribution in [0.2, 0.25) is 0 Å². The van der Waals surface area contributed by atoms with Gasteiger partial charge >= 0.3 is 0 Å². The monoisotopic (exact) mass is 247 g/mol. The largest absolute Gasteiger partial charge is 0.381 e. The molecule has 4 heteroatoms. The highest BCUT2D eigenvalue weighted by Crippen LogP contribution is 2.19. The number of likely N-dealkylation sites (tertiary alicyclic amines) is 1. The van der Waals surface area contributed by atoms with Crippen molar-refractivity contribution in [3.8, 4) is 0 Å². The minimum absolute atomic E-state index is 0.0883. The Morgan fingerprint density at radius 2 is 2.31 bits per heavy atom. The van der Waals surface area contributed by atoms with E-state index in [9.17, 15) is 4.79 Å². The molecule has 0 spiro atoms. The van der Waals surface area contributed by atoms with Gasteiger partial charge in [-0.25, -0.2) is 0 Å². The van der Waals surface area contributed by atoms with E-state index in [-0.39, 0.29) is 11.3 Å². The molecule has 0 aromatic carbocycles. The second-order valence-electron chi connectivity index (χ2n) is 4.33. The molecule has 0 saturated carbocycles. The van der Waals surface area contributed by atoms with Crippen LogP contribution >= 0.6 is 11.6 Å². The van der Waals surface area contributed by atoms with Crippen molar-refractivity contribution in [3.05, 3.63) is 0 Å². The van der Waals surface area contributed by atoms with Gasteiger partial charge in [0, 0.05) is 19.7 Å². The molecular formula is C12H22ClNO2. The van der Waals surface area contributed by atoms with Crippen LogP contribution < -0.4 is 0 Å².